The fourth-order valence-corrected chi connectivity index (χ4v) is 3.71. The molecule has 1 N–H and O–H groups in total. The Labute approximate surface area is 172 Å². The van der Waals surface area contributed by atoms with Crippen molar-refractivity contribution >= 4 is 0 Å². The normalized spacial score (nSPS) is 12.5. The maximum Gasteiger partial charge on any atom is 0.167 e. The molecule has 0 saturated heterocycles. The average Bonchev–Trinajstić information content (AvgIpc) is 3.10. The van der Waals surface area contributed by atoms with Crippen molar-refractivity contribution in [1.29, 1.82) is 0 Å². The van der Waals surface area contributed by atoms with Gasteiger partial charge in [-0.25, -0.2) is 8.78 Å². The largest absolute Gasteiger partial charge is 0.342 e. The Bertz CT molecular complexity index is 930. The zero-order valence-electron chi connectivity index (χ0n) is 17.6. The summed E-state index contributed by atoms with van der Waals surface area (Å²) < 4.78 is 30.2. The van der Waals surface area contributed by atoms with Gasteiger partial charge in [0, 0.05) is 18.3 Å². The van der Waals surface area contributed by atoms with Crippen molar-refractivity contribution in [2.75, 3.05) is 6.54 Å². The van der Waals surface area contributed by atoms with Crippen LogP contribution in [0, 0.1) is 24.5 Å². The molecule has 0 bridgehead atoms. The third-order valence-corrected chi connectivity index (χ3v) is 5.34. The number of hydrogen-bond acceptors (Lipinski definition) is 0. The molecule has 4 heteroatoms. The molecule has 1 heterocycles. The van der Waals surface area contributed by atoms with Gasteiger partial charge in [0.15, 0.2) is 11.6 Å². The molecule has 0 aliphatic rings. The van der Waals surface area contributed by atoms with Gasteiger partial charge in [-0.15, -0.1) is 0 Å². The summed E-state index contributed by atoms with van der Waals surface area (Å²) >= 11 is 0. The molecule has 3 aromatic rings. The molecule has 0 spiro atoms. The van der Waals surface area contributed by atoms with Crippen molar-refractivity contribution in [2.24, 2.45) is 5.92 Å². The van der Waals surface area contributed by atoms with Crippen molar-refractivity contribution in [2.45, 2.75) is 46.8 Å². The lowest BCUT2D eigenvalue weighted by Crippen LogP contribution is -3.09. The lowest BCUT2D eigenvalue weighted by Gasteiger charge is -2.22. The maximum absolute atomic E-state index is 14.3. The van der Waals surface area contributed by atoms with E-state index in [1.54, 1.807) is 12.1 Å². The molecule has 1 aromatic heterocycles. The predicted octanol–water partition coefficient (Wildman–Crippen LogP) is 4.75. The molecule has 0 radical (unpaired) electrons. The highest BCUT2D eigenvalue weighted by Crippen LogP contribution is 2.12. The van der Waals surface area contributed by atoms with Crippen LogP contribution in [0.2, 0.25) is 0 Å². The standard InChI is InChI=1S/C25H30F2N2/c1-19(2)12-14-28(17-22-9-5-11-24(26)25(22)27)18-23-10-6-13-29(23)16-21-8-4-7-20(3)15-21/h4-11,13,15,19H,12,14,16-18H2,1-3H3/p+1. The van der Waals surface area contributed by atoms with Gasteiger partial charge in [0.25, 0.3) is 0 Å². The van der Waals surface area contributed by atoms with E-state index in [0.29, 0.717) is 18.0 Å². The molecule has 2 nitrogen and oxygen atoms in total. The van der Waals surface area contributed by atoms with Crippen LogP contribution in [0.15, 0.2) is 60.8 Å². The van der Waals surface area contributed by atoms with Crippen LogP contribution < -0.4 is 4.90 Å². The van der Waals surface area contributed by atoms with Crippen LogP contribution in [0.5, 0.6) is 0 Å². The number of rotatable bonds is 9. The van der Waals surface area contributed by atoms with Gasteiger partial charge in [-0.3, -0.25) is 0 Å². The maximum atomic E-state index is 14.3. The number of quaternary nitrogens is 1. The number of nitrogens with one attached hydrogen (secondary N) is 1. The van der Waals surface area contributed by atoms with E-state index < -0.39 is 11.6 Å². The summed E-state index contributed by atoms with van der Waals surface area (Å²) in [7, 11) is 0. The molecule has 2 aromatic carbocycles. The molecule has 0 aliphatic carbocycles. The van der Waals surface area contributed by atoms with Gasteiger partial charge in [-0.2, -0.15) is 0 Å². The molecular weight excluding hydrogens is 366 g/mol. The molecule has 0 amide bonds. The highest BCUT2D eigenvalue weighted by atomic mass is 19.2. The van der Waals surface area contributed by atoms with Crippen LogP contribution in [0.4, 0.5) is 8.78 Å². The first kappa shape index (κ1) is 21.3. The van der Waals surface area contributed by atoms with E-state index in [9.17, 15) is 8.78 Å². The molecule has 29 heavy (non-hydrogen) atoms. The van der Waals surface area contributed by atoms with Crippen molar-refractivity contribution in [3.63, 3.8) is 0 Å². The molecule has 1 atom stereocenters. The summed E-state index contributed by atoms with van der Waals surface area (Å²) in [4.78, 5) is 1.24. The molecule has 0 fully saturated rings. The monoisotopic (exact) mass is 397 g/mol. The van der Waals surface area contributed by atoms with Crippen molar-refractivity contribution in [1.82, 2.24) is 4.57 Å². The van der Waals surface area contributed by atoms with Crippen LogP contribution >= 0.6 is 0 Å². The number of benzene rings is 2. The molecular formula is C25H31F2N2+. The Morgan fingerprint density at radius 3 is 2.52 bits per heavy atom. The fraction of sp³-hybridized carbons (Fsp3) is 0.360. The number of halogens is 2. The van der Waals surface area contributed by atoms with Crippen LogP contribution in [-0.2, 0) is 19.6 Å². The van der Waals surface area contributed by atoms with Gasteiger partial charge in [-0.05, 0) is 43.0 Å². The number of hydrogen-bond donors (Lipinski definition) is 1. The Balaban J connectivity index is 1.77. The summed E-state index contributed by atoms with van der Waals surface area (Å²) in [6, 6.07) is 17.2. The highest BCUT2D eigenvalue weighted by molar-refractivity contribution is 5.23. The van der Waals surface area contributed by atoms with Crippen molar-refractivity contribution < 1.29 is 13.7 Å². The Hall–Kier alpha value is -2.46. The predicted molar refractivity (Wildman–Crippen MR) is 114 cm³/mol. The molecule has 1 unspecified atom stereocenters. The number of nitrogens with zero attached hydrogens (tertiary/aromatic N) is 1. The highest BCUT2D eigenvalue weighted by Gasteiger charge is 2.18. The minimum absolute atomic E-state index is 0.445. The lowest BCUT2D eigenvalue weighted by molar-refractivity contribution is -0.928. The van der Waals surface area contributed by atoms with Gasteiger partial charge < -0.3 is 9.47 Å². The summed E-state index contributed by atoms with van der Waals surface area (Å²) in [6.45, 7) is 9.49. The fourth-order valence-electron chi connectivity index (χ4n) is 3.71. The Morgan fingerprint density at radius 1 is 0.966 bits per heavy atom. The van der Waals surface area contributed by atoms with E-state index in [1.165, 1.54) is 27.8 Å². The second kappa shape index (κ2) is 9.84. The third kappa shape index (κ3) is 6.01. The summed E-state index contributed by atoms with van der Waals surface area (Å²) in [5.74, 6) is -0.917. The Morgan fingerprint density at radius 2 is 1.76 bits per heavy atom. The van der Waals surface area contributed by atoms with E-state index in [1.807, 2.05) is 0 Å². The number of aromatic nitrogens is 1. The zero-order chi connectivity index (χ0) is 20.8. The first-order chi connectivity index (χ1) is 13.9. The smallest absolute Gasteiger partial charge is 0.167 e. The zero-order valence-corrected chi connectivity index (χ0v) is 17.6. The van der Waals surface area contributed by atoms with Gasteiger partial charge in [0.2, 0.25) is 0 Å². The minimum atomic E-state index is -0.770. The molecule has 154 valence electrons. The second-order valence-corrected chi connectivity index (χ2v) is 8.37. The van der Waals surface area contributed by atoms with Crippen LogP contribution in [0.3, 0.4) is 0 Å². The van der Waals surface area contributed by atoms with E-state index in [4.69, 9.17) is 0 Å². The minimum Gasteiger partial charge on any atom is -0.342 e. The average molecular weight is 398 g/mol. The quantitative estimate of drug-likeness (QED) is 0.534. The lowest BCUT2D eigenvalue weighted by atomic mass is 10.1. The van der Waals surface area contributed by atoms with Crippen molar-refractivity contribution in [3.05, 3.63) is 94.8 Å². The molecule has 3 rings (SSSR count). The first-order valence-corrected chi connectivity index (χ1v) is 10.4. The first-order valence-electron chi connectivity index (χ1n) is 10.4. The number of aryl methyl sites for hydroxylation is 1. The summed E-state index contributed by atoms with van der Waals surface area (Å²) in [6.07, 6.45) is 3.14. The second-order valence-electron chi connectivity index (χ2n) is 8.37. The van der Waals surface area contributed by atoms with Crippen LogP contribution in [0.25, 0.3) is 0 Å². The van der Waals surface area contributed by atoms with Crippen molar-refractivity contribution in [3.8, 4) is 0 Å². The van der Waals surface area contributed by atoms with Crippen LogP contribution in [-0.4, -0.2) is 11.1 Å². The van der Waals surface area contributed by atoms with E-state index in [-0.39, 0.29) is 0 Å². The van der Waals surface area contributed by atoms with Gasteiger partial charge in [0.05, 0.1) is 12.2 Å². The third-order valence-electron chi connectivity index (χ3n) is 5.34. The van der Waals surface area contributed by atoms with E-state index in [0.717, 1.165) is 26.1 Å². The molecule has 0 saturated carbocycles. The SMILES string of the molecule is Cc1cccc(Cn2cccc2C[NH+](CCC(C)C)Cc2cccc(F)c2F)c1. The van der Waals surface area contributed by atoms with E-state index in [2.05, 4.69) is 67.9 Å². The molecule has 0 aliphatic heterocycles. The van der Waals surface area contributed by atoms with Crippen LogP contribution in [0.1, 0.15) is 42.7 Å². The topological polar surface area (TPSA) is 9.37 Å². The summed E-state index contributed by atoms with van der Waals surface area (Å²) in [5.41, 5.74) is 4.17. The van der Waals surface area contributed by atoms with E-state index >= 15 is 0 Å². The van der Waals surface area contributed by atoms with Gasteiger partial charge in [-0.1, -0.05) is 55.8 Å². The Kier molecular flexibility index (Phi) is 7.21. The van der Waals surface area contributed by atoms with Gasteiger partial charge >= 0.3 is 0 Å². The van der Waals surface area contributed by atoms with Gasteiger partial charge in [0.1, 0.15) is 13.1 Å². The summed E-state index contributed by atoms with van der Waals surface area (Å²) in [5, 5.41) is 0.